The van der Waals surface area contributed by atoms with Gasteiger partial charge in [-0.05, 0) is 42.9 Å². The van der Waals surface area contributed by atoms with Crippen LogP contribution >= 0.6 is 0 Å². The molecule has 2 aromatic rings. The van der Waals surface area contributed by atoms with Crippen LogP contribution in [0, 0.1) is 5.41 Å². The topological polar surface area (TPSA) is 37.3 Å². The highest BCUT2D eigenvalue weighted by Crippen LogP contribution is 2.43. The quantitative estimate of drug-likeness (QED) is 0.828. The lowest BCUT2D eigenvalue weighted by molar-refractivity contribution is -0.145. The predicted octanol–water partition coefficient (Wildman–Crippen LogP) is 5.32. The molecule has 2 aromatic carbocycles. The fourth-order valence-corrected chi connectivity index (χ4v) is 3.36. The summed E-state index contributed by atoms with van der Waals surface area (Å²) in [5.74, 6) is -0.722. The molecule has 0 bridgehead atoms. The molecule has 0 saturated heterocycles. The minimum absolute atomic E-state index is 0.716. The SMILES string of the molecule is CC1(C(=O)O)CCC/C1=C\C=C(c1ccccc1)c1ccccc1. The van der Waals surface area contributed by atoms with Crippen molar-refractivity contribution in [2.24, 2.45) is 5.41 Å². The third kappa shape index (κ3) is 3.18. The summed E-state index contributed by atoms with van der Waals surface area (Å²) in [6.07, 6.45) is 6.61. The Hall–Kier alpha value is -2.61. The number of benzene rings is 2. The van der Waals surface area contributed by atoms with E-state index in [0.717, 1.165) is 35.1 Å². The molecule has 24 heavy (non-hydrogen) atoms. The second-order valence-electron chi connectivity index (χ2n) is 6.50. The molecule has 2 heteroatoms. The smallest absolute Gasteiger partial charge is 0.313 e. The van der Waals surface area contributed by atoms with Gasteiger partial charge < -0.3 is 5.11 Å². The molecule has 2 nitrogen and oxygen atoms in total. The van der Waals surface area contributed by atoms with Gasteiger partial charge in [-0.2, -0.15) is 0 Å². The van der Waals surface area contributed by atoms with E-state index in [1.807, 2.05) is 49.4 Å². The fraction of sp³-hybridized carbons (Fsp3) is 0.227. The van der Waals surface area contributed by atoms with Gasteiger partial charge in [-0.25, -0.2) is 0 Å². The van der Waals surface area contributed by atoms with Crippen molar-refractivity contribution < 1.29 is 9.90 Å². The van der Waals surface area contributed by atoms with Crippen LogP contribution < -0.4 is 0 Å². The summed E-state index contributed by atoms with van der Waals surface area (Å²) in [7, 11) is 0. The first kappa shape index (κ1) is 16.3. The van der Waals surface area contributed by atoms with Crippen LogP contribution in [0.3, 0.4) is 0 Å². The molecule has 1 aliphatic carbocycles. The number of allylic oxidation sites excluding steroid dienone is 2. The number of hydrogen-bond donors (Lipinski definition) is 1. The van der Waals surface area contributed by atoms with Crippen molar-refractivity contribution in [3.8, 4) is 0 Å². The van der Waals surface area contributed by atoms with Crippen LogP contribution in [-0.2, 0) is 4.79 Å². The van der Waals surface area contributed by atoms with E-state index < -0.39 is 11.4 Å². The van der Waals surface area contributed by atoms with Crippen LogP contribution in [0.1, 0.15) is 37.3 Å². The zero-order valence-corrected chi connectivity index (χ0v) is 13.9. The van der Waals surface area contributed by atoms with Crippen LogP contribution in [0.4, 0.5) is 0 Å². The third-order valence-electron chi connectivity index (χ3n) is 4.92. The molecule has 1 N–H and O–H groups in total. The van der Waals surface area contributed by atoms with E-state index >= 15 is 0 Å². The summed E-state index contributed by atoms with van der Waals surface area (Å²) < 4.78 is 0. The highest BCUT2D eigenvalue weighted by atomic mass is 16.4. The van der Waals surface area contributed by atoms with Crippen molar-refractivity contribution in [3.63, 3.8) is 0 Å². The van der Waals surface area contributed by atoms with E-state index in [0.29, 0.717) is 6.42 Å². The lowest BCUT2D eigenvalue weighted by atomic mass is 9.84. The summed E-state index contributed by atoms with van der Waals surface area (Å²) in [5, 5.41) is 9.58. The van der Waals surface area contributed by atoms with Gasteiger partial charge in [0.2, 0.25) is 0 Å². The maximum absolute atomic E-state index is 11.7. The average molecular weight is 318 g/mol. The van der Waals surface area contributed by atoms with Gasteiger partial charge in [0.15, 0.2) is 0 Å². The molecular formula is C22H22O2. The zero-order chi connectivity index (χ0) is 17.0. The largest absolute Gasteiger partial charge is 0.481 e. The van der Waals surface area contributed by atoms with Gasteiger partial charge in [0.1, 0.15) is 0 Å². The summed E-state index contributed by atoms with van der Waals surface area (Å²) in [5.41, 5.74) is 3.67. The lowest BCUT2D eigenvalue weighted by Crippen LogP contribution is -2.25. The van der Waals surface area contributed by atoms with Gasteiger partial charge in [-0.1, -0.05) is 78.4 Å². The van der Waals surface area contributed by atoms with E-state index in [9.17, 15) is 9.90 Å². The first-order valence-electron chi connectivity index (χ1n) is 8.37. The van der Waals surface area contributed by atoms with Gasteiger partial charge in [0, 0.05) is 0 Å². The van der Waals surface area contributed by atoms with Gasteiger partial charge in [0.05, 0.1) is 5.41 Å². The summed E-state index contributed by atoms with van der Waals surface area (Å²) in [6, 6.07) is 20.4. The van der Waals surface area contributed by atoms with Crippen LogP contribution in [0.15, 0.2) is 78.4 Å². The van der Waals surface area contributed by atoms with Gasteiger partial charge >= 0.3 is 5.97 Å². The minimum atomic E-state index is -0.727. The summed E-state index contributed by atoms with van der Waals surface area (Å²) >= 11 is 0. The minimum Gasteiger partial charge on any atom is -0.481 e. The number of carbonyl (C=O) groups is 1. The maximum atomic E-state index is 11.7. The number of hydrogen-bond acceptors (Lipinski definition) is 1. The van der Waals surface area contributed by atoms with Crippen molar-refractivity contribution in [1.82, 2.24) is 0 Å². The number of aliphatic carboxylic acids is 1. The van der Waals surface area contributed by atoms with Gasteiger partial charge in [0.25, 0.3) is 0 Å². The molecule has 1 atom stereocenters. The van der Waals surface area contributed by atoms with Crippen LogP contribution in [-0.4, -0.2) is 11.1 Å². The summed E-state index contributed by atoms with van der Waals surface area (Å²) in [6.45, 7) is 1.84. The molecule has 0 spiro atoms. The Kier molecular flexibility index (Phi) is 4.66. The number of carboxylic acids is 1. The van der Waals surface area contributed by atoms with Crippen molar-refractivity contribution in [2.45, 2.75) is 26.2 Å². The Balaban J connectivity index is 2.05. The molecule has 1 unspecified atom stereocenters. The Morgan fingerprint density at radius 2 is 1.54 bits per heavy atom. The number of rotatable bonds is 4. The van der Waals surface area contributed by atoms with E-state index in [4.69, 9.17) is 0 Å². The van der Waals surface area contributed by atoms with E-state index in [1.54, 1.807) is 0 Å². The molecule has 0 aromatic heterocycles. The van der Waals surface area contributed by atoms with E-state index in [1.165, 1.54) is 0 Å². The van der Waals surface area contributed by atoms with Gasteiger partial charge in [-0.15, -0.1) is 0 Å². The van der Waals surface area contributed by atoms with Crippen molar-refractivity contribution in [1.29, 1.82) is 0 Å². The molecule has 0 radical (unpaired) electrons. The molecule has 0 aliphatic heterocycles. The first-order chi connectivity index (χ1) is 11.6. The Morgan fingerprint density at radius 3 is 2.04 bits per heavy atom. The molecule has 1 saturated carbocycles. The van der Waals surface area contributed by atoms with Crippen LogP contribution in [0.25, 0.3) is 5.57 Å². The zero-order valence-electron chi connectivity index (χ0n) is 13.9. The van der Waals surface area contributed by atoms with Crippen LogP contribution in [0.2, 0.25) is 0 Å². The van der Waals surface area contributed by atoms with Crippen molar-refractivity contribution in [2.75, 3.05) is 0 Å². The monoisotopic (exact) mass is 318 g/mol. The predicted molar refractivity (Wildman–Crippen MR) is 97.6 cm³/mol. The molecule has 1 aliphatic rings. The normalized spacial score (nSPS) is 21.6. The average Bonchev–Trinajstić information content (AvgIpc) is 2.99. The highest BCUT2D eigenvalue weighted by Gasteiger charge is 2.40. The summed E-state index contributed by atoms with van der Waals surface area (Å²) in [4.78, 5) is 11.7. The number of carboxylic acid groups (broad SMARTS) is 1. The highest BCUT2D eigenvalue weighted by molar-refractivity contribution is 5.82. The molecule has 3 rings (SSSR count). The Bertz CT molecular complexity index is 731. The second kappa shape index (κ2) is 6.88. The van der Waals surface area contributed by atoms with Gasteiger partial charge in [-0.3, -0.25) is 4.79 Å². The molecule has 0 amide bonds. The van der Waals surface area contributed by atoms with Crippen LogP contribution in [0.5, 0.6) is 0 Å². The van der Waals surface area contributed by atoms with E-state index in [2.05, 4.69) is 30.3 Å². The van der Waals surface area contributed by atoms with Crippen molar-refractivity contribution >= 4 is 11.5 Å². The van der Waals surface area contributed by atoms with Crippen molar-refractivity contribution in [3.05, 3.63) is 89.5 Å². The lowest BCUT2D eigenvalue weighted by Gasteiger charge is -2.20. The fourth-order valence-electron chi connectivity index (χ4n) is 3.36. The Labute approximate surface area is 143 Å². The molecule has 0 heterocycles. The Morgan fingerprint density at radius 1 is 1.00 bits per heavy atom. The molecular weight excluding hydrogens is 296 g/mol. The molecule has 1 fully saturated rings. The first-order valence-corrected chi connectivity index (χ1v) is 8.37. The molecule has 122 valence electrons. The standard InChI is InChI=1S/C22H22O2/c1-22(21(23)24)16-8-13-19(22)14-15-20(17-9-4-2-5-10-17)18-11-6-3-7-12-18/h2-7,9-12,14-15H,8,13,16H2,1H3,(H,23,24)/b19-14+. The van der Waals surface area contributed by atoms with E-state index in [-0.39, 0.29) is 0 Å². The third-order valence-corrected chi connectivity index (χ3v) is 4.92. The second-order valence-corrected chi connectivity index (χ2v) is 6.50. The maximum Gasteiger partial charge on any atom is 0.313 e.